The predicted molar refractivity (Wildman–Crippen MR) is 113 cm³/mol. The Morgan fingerprint density at radius 3 is 2.94 bits per heavy atom. The van der Waals surface area contributed by atoms with E-state index in [1.807, 2.05) is 0 Å². The van der Waals surface area contributed by atoms with E-state index in [4.69, 9.17) is 35.6 Å². The first-order valence-electron chi connectivity index (χ1n) is 9.82. The van der Waals surface area contributed by atoms with Crippen LogP contribution in [0.15, 0.2) is 41.3 Å². The third-order valence-corrected chi connectivity index (χ3v) is 7.07. The van der Waals surface area contributed by atoms with Gasteiger partial charge in [-0.2, -0.15) is 4.98 Å². The molecule has 0 radical (unpaired) electrons. The molecule has 2 fully saturated rings. The molecular formula is C19H23ClN3O8P. The molecule has 6 atom stereocenters. The van der Waals surface area contributed by atoms with Crippen LogP contribution < -0.4 is 11.4 Å². The minimum absolute atomic E-state index is 0.00303. The van der Waals surface area contributed by atoms with E-state index in [1.165, 1.54) is 19.2 Å². The number of nitrogen functional groups attached to an aromatic ring is 1. The van der Waals surface area contributed by atoms with E-state index in [0.29, 0.717) is 11.4 Å². The maximum atomic E-state index is 13.0. The molecule has 11 nitrogen and oxygen atoms in total. The number of nitrogens with zero attached hydrogens (tertiary/aromatic N) is 2. The Labute approximate surface area is 188 Å². The van der Waals surface area contributed by atoms with Gasteiger partial charge in [0.15, 0.2) is 6.23 Å². The third-order valence-electron chi connectivity index (χ3n) is 5.36. The van der Waals surface area contributed by atoms with Gasteiger partial charge in [-0.15, -0.1) is 0 Å². The summed E-state index contributed by atoms with van der Waals surface area (Å²) in [5.41, 5.74) is 3.58. The fourth-order valence-corrected chi connectivity index (χ4v) is 5.25. The van der Waals surface area contributed by atoms with Crippen LogP contribution in [0.25, 0.3) is 0 Å². The van der Waals surface area contributed by atoms with Crippen molar-refractivity contribution in [3.05, 3.63) is 57.6 Å². The van der Waals surface area contributed by atoms with Gasteiger partial charge in [-0.3, -0.25) is 18.1 Å². The van der Waals surface area contributed by atoms with Crippen molar-refractivity contribution >= 4 is 25.2 Å². The van der Waals surface area contributed by atoms with Crippen molar-refractivity contribution in [1.82, 2.24) is 9.55 Å². The van der Waals surface area contributed by atoms with Crippen molar-refractivity contribution in [2.75, 3.05) is 18.9 Å². The van der Waals surface area contributed by atoms with Crippen LogP contribution in [-0.2, 0) is 22.9 Å². The first-order valence-corrected chi connectivity index (χ1v) is 11.7. The Kier molecular flexibility index (Phi) is 6.45. The Morgan fingerprint density at radius 1 is 1.44 bits per heavy atom. The average Bonchev–Trinajstić information content (AvgIpc) is 2.96. The van der Waals surface area contributed by atoms with Gasteiger partial charge in [-0.25, -0.2) is 9.36 Å². The Balaban J connectivity index is 1.46. The molecule has 2 unspecified atom stereocenters. The molecule has 2 saturated heterocycles. The van der Waals surface area contributed by atoms with Gasteiger partial charge in [0, 0.05) is 17.6 Å². The van der Waals surface area contributed by atoms with Crippen LogP contribution in [0.5, 0.6) is 0 Å². The van der Waals surface area contributed by atoms with Crippen LogP contribution in [0.1, 0.15) is 31.2 Å². The van der Waals surface area contributed by atoms with Crippen LogP contribution in [0.3, 0.4) is 0 Å². The van der Waals surface area contributed by atoms with Crippen molar-refractivity contribution < 1.29 is 33.1 Å². The zero-order valence-electron chi connectivity index (χ0n) is 17.0. The number of aliphatic hydroxyl groups is 2. The predicted octanol–water partition coefficient (Wildman–Crippen LogP) is 1.79. The van der Waals surface area contributed by atoms with Crippen LogP contribution in [-0.4, -0.2) is 50.8 Å². The highest BCUT2D eigenvalue weighted by Gasteiger charge is 2.54. The number of aromatic nitrogens is 2. The molecule has 0 amide bonds. The second-order valence-electron chi connectivity index (χ2n) is 7.75. The number of hydrogen-bond donors (Lipinski definition) is 3. The molecule has 2 aliphatic rings. The smallest absolute Gasteiger partial charge is 0.387 e. The normalized spacial score (nSPS) is 35.1. The lowest BCUT2D eigenvalue weighted by atomic mass is 9.96. The standard InChI is InChI=1S/C19H23ClN3O8P/c1-19(26)16(24)14(30-17(19)23-7-5-15(21)22-18(23)25)10-29-32(27)28-8-6-13(31-32)11-3-2-4-12(20)9-11/h2-5,7,9,13-14,16-17,24,26H,6,8,10H2,1H3,(H2,21,22,25)/t13?,14-,16-,17-,19-,32?/m1/s1. The molecule has 0 saturated carbocycles. The minimum atomic E-state index is -3.99. The van der Waals surface area contributed by atoms with E-state index in [0.717, 1.165) is 10.1 Å². The molecule has 174 valence electrons. The molecule has 2 aromatic rings. The monoisotopic (exact) mass is 487 g/mol. The minimum Gasteiger partial charge on any atom is -0.387 e. The average molecular weight is 488 g/mol. The number of ether oxygens (including phenoxy) is 1. The van der Waals surface area contributed by atoms with Crippen molar-refractivity contribution in [3.63, 3.8) is 0 Å². The topological polar surface area (TPSA) is 155 Å². The molecule has 32 heavy (non-hydrogen) atoms. The van der Waals surface area contributed by atoms with Crippen molar-refractivity contribution in [2.24, 2.45) is 0 Å². The van der Waals surface area contributed by atoms with E-state index in [-0.39, 0.29) is 12.4 Å². The number of halogens is 1. The lowest BCUT2D eigenvalue weighted by Gasteiger charge is -2.30. The lowest BCUT2D eigenvalue weighted by Crippen LogP contribution is -2.46. The molecule has 1 aromatic heterocycles. The second-order valence-corrected chi connectivity index (χ2v) is 9.81. The molecule has 1 aromatic carbocycles. The largest absolute Gasteiger partial charge is 0.475 e. The molecule has 4 rings (SSSR count). The first kappa shape index (κ1) is 23.3. The molecule has 0 bridgehead atoms. The summed E-state index contributed by atoms with van der Waals surface area (Å²) in [6.07, 6.45) is -2.70. The first-order chi connectivity index (χ1) is 15.1. The Bertz CT molecular complexity index is 1100. The van der Waals surface area contributed by atoms with Gasteiger partial charge in [0.25, 0.3) is 0 Å². The summed E-state index contributed by atoms with van der Waals surface area (Å²) >= 11 is 6.02. The van der Waals surface area contributed by atoms with Crippen molar-refractivity contribution in [1.29, 1.82) is 0 Å². The summed E-state index contributed by atoms with van der Waals surface area (Å²) in [7, 11) is -3.99. The second kappa shape index (κ2) is 8.85. The number of aliphatic hydroxyl groups excluding tert-OH is 1. The highest BCUT2D eigenvalue weighted by atomic mass is 35.5. The number of benzene rings is 1. The summed E-state index contributed by atoms with van der Waals surface area (Å²) in [6, 6.07) is 8.31. The van der Waals surface area contributed by atoms with Crippen LogP contribution in [0.2, 0.25) is 5.02 Å². The van der Waals surface area contributed by atoms with E-state index in [1.54, 1.807) is 24.3 Å². The van der Waals surface area contributed by atoms with Crippen LogP contribution >= 0.6 is 19.4 Å². The number of anilines is 1. The van der Waals surface area contributed by atoms with Crippen LogP contribution in [0, 0.1) is 0 Å². The van der Waals surface area contributed by atoms with Crippen molar-refractivity contribution in [2.45, 2.75) is 43.5 Å². The molecule has 2 aliphatic heterocycles. The van der Waals surface area contributed by atoms with Crippen molar-refractivity contribution in [3.8, 4) is 0 Å². The van der Waals surface area contributed by atoms with Gasteiger partial charge in [0.1, 0.15) is 23.6 Å². The molecule has 0 aliphatic carbocycles. The van der Waals surface area contributed by atoms with Gasteiger partial charge in [-0.1, -0.05) is 23.7 Å². The van der Waals surface area contributed by atoms with Gasteiger partial charge in [0.05, 0.1) is 19.3 Å². The molecule has 13 heteroatoms. The van der Waals surface area contributed by atoms with Gasteiger partial charge < -0.3 is 20.7 Å². The summed E-state index contributed by atoms with van der Waals surface area (Å²) in [5.74, 6) is 0.00303. The zero-order chi connectivity index (χ0) is 23.1. The number of phosphoric ester groups is 1. The molecule has 0 spiro atoms. The SMILES string of the molecule is C[C@@]1(O)[C@H](O)[C@@H](COP2(=O)OCCC(c3cccc(Cl)c3)O2)O[C@H]1n1ccc(N)nc1=O. The fraction of sp³-hybridized carbons (Fsp3) is 0.474. The lowest BCUT2D eigenvalue weighted by molar-refractivity contribution is -0.0989. The summed E-state index contributed by atoms with van der Waals surface area (Å²) in [6.45, 7) is 0.996. The Hall–Kier alpha value is -1.82. The van der Waals surface area contributed by atoms with E-state index >= 15 is 0 Å². The third kappa shape index (κ3) is 4.61. The number of hydrogen-bond acceptors (Lipinski definition) is 10. The zero-order valence-corrected chi connectivity index (χ0v) is 18.7. The fourth-order valence-electron chi connectivity index (χ4n) is 3.66. The summed E-state index contributed by atoms with van der Waals surface area (Å²) in [4.78, 5) is 15.7. The quantitative estimate of drug-likeness (QED) is 0.531. The highest BCUT2D eigenvalue weighted by molar-refractivity contribution is 7.48. The van der Waals surface area contributed by atoms with Crippen LogP contribution in [0.4, 0.5) is 5.82 Å². The maximum absolute atomic E-state index is 13.0. The molecule has 3 heterocycles. The summed E-state index contributed by atoms with van der Waals surface area (Å²) in [5, 5.41) is 21.8. The van der Waals surface area contributed by atoms with E-state index in [2.05, 4.69) is 4.98 Å². The number of nitrogens with two attached hydrogens (primary N) is 1. The summed E-state index contributed by atoms with van der Waals surface area (Å²) < 4.78 is 35.9. The van der Waals surface area contributed by atoms with Gasteiger partial charge in [-0.05, 0) is 30.7 Å². The van der Waals surface area contributed by atoms with Gasteiger partial charge >= 0.3 is 13.5 Å². The van der Waals surface area contributed by atoms with E-state index in [9.17, 15) is 19.6 Å². The number of rotatable bonds is 5. The molecular weight excluding hydrogens is 465 g/mol. The maximum Gasteiger partial charge on any atom is 0.475 e. The molecule has 4 N–H and O–H groups in total. The Morgan fingerprint density at radius 2 is 2.22 bits per heavy atom. The van der Waals surface area contributed by atoms with Gasteiger partial charge in [0.2, 0.25) is 0 Å². The highest BCUT2D eigenvalue weighted by Crippen LogP contribution is 2.57. The number of phosphoric acid groups is 1. The van der Waals surface area contributed by atoms with E-state index < -0.39 is 50.3 Å².